The van der Waals surface area contributed by atoms with Gasteiger partial charge >= 0.3 is 0 Å². The molecule has 6 rings (SSSR count). The standard InChI is InChI=1S/C34H43N5O6/c1-38-24-25(22-36-38)32-23-35-30-11-10-26(20-31(30)37-32)39(12-7-15-44-33-8-3-5-13-42-33)27-18-28(40-2)21-29(19-27)41-16-17-45-34-9-4-6-14-43-34/h10-11,18-24,33-34H,3-9,12-17H2,1-2H3. The van der Waals surface area contributed by atoms with E-state index in [9.17, 15) is 0 Å². The van der Waals surface area contributed by atoms with Crippen molar-refractivity contribution in [1.82, 2.24) is 19.7 Å². The summed E-state index contributed by atoms with van der Waals surface area (Å²) in [6.45, 7) is 3.66. The van der Waals surface area contributed by atoms with Gasteiger partial charge in [-0.1, -0.05) is 0 Å². The number of hydrogen-bond donors (Lipinski definition) is 0. The van der Waals surface area contributed by atoms with Crippen molar-refractivity contribution in [3.05, 3.63) is 55.0 Å². The molecule has 4 heterocycles. The predicted octanol–water partition coefficient (Wildman–Crippen LogP) is 6.03. The summed E-state index contributed by atoms with van der Waals surface area (Å²) < 4.78 is 37.0. The van der Waals surface area contributed by atoms with E-state index in [0.717, 1.165) is 91.8 Å². The Morgan fingerprint density at radius 2 is 1.62 bits per heavy atom. The number of hydrogen-bond acceptors (Lipinski definition) is 10. The Labute approximate surface area is 264 Å². The summed E-state index contributed by atoms with van der Waals surface area (Å²) in [5.41, 5.74) is 5.23. The zero-order valence-electron chi connectivity index (χ0n) is 26.2. The molecule has 2 saturated heterocycles. The lowest BCUT2D eigenvalue weighted by molar-refractivity contribution is -0.165. The van der Waals surface area contributed by atoms with E-state index < -0.39 is 0 Å². The molecule has 0 saturated carbocycles. The van der Waals surface area contributed by atoms with Gasteiger partial charge in [0.15, 0.2) is 12.6 Å². The second-order valence-electron chi connectivity index (χ2n) is 11.4. The van der Waals surface area contributed by atoms with E-state index in [0.29, 0.717) is 37.9 Å². The van der Waals surface area contributed by atoms with Crippen molar-refractivity contribution >= 4 is 22.4 Å². The highest BCUT2D eigenvalue weighted by Gasteiger charge is 2.18. The van der Waals surface area contributed by atoms with Gasteiger partial charge in [-0.15, -0.1) is 0 Å². The van der Waals surface area contributed by atoms with Crippen LogP contribution in [0.1, 0.15) is 44.9 Å². The molecule has 0 bridgehead atoms. The molecule has 2 aromatic heterocycles. The molecule has 2 aliphatic rings. The first-order chi connectivity index (χ1) is 22.1. The number of benzene rings is 2. The van der Waals surface area contributed by atoms with Crippen molar-refractivity contribution in [2.24, 2.45) is 7.05 Å². The van der Waals surface area contributed by atoms with Gasteiger partial charge in [0.05, 0.1) is 49.4 Å². The van der Waals surface area contributed by atoms with Crippen molar-refractivity contribution in [2.45, 2.75) is 57.5 Å². The molecule has 2 atom stereocenters. The fourth-order valence-corrected chi connectivity index (χ4v) is 5.64. The number of fused-ring (bicyclic) bond motifs is 1. The Kier molecular flexibility index (Phi) is 10.7. The summed E-state index contributed by atoms with van der Waals surface area (Å²) in [6.07, 6.45) is 12.4. The van der Waals surface area contributed by atoms with Crippen LogP contribution >= 0.6 is 0 Å². The Morgan fingerprint density at radius 3 is 2.33 bits per heavy atom. The minimum absolute atomic E-state index is 0.118. The van der Waals surface area contributed by atoms with Crippen LogP contribution in [-0.4, -0.2) is 79.0 Å². The molecular formula is C34H43N5O6. The van der Waals surface area contributed by atoms with Gasteiger partial charge < -0.3 is 33.3 Å². The van der Waals surface area contributed by atoms with Crippen molar-refractivity contribution in [3.63, 3.8) is 0 Å². The average Bonchev–Trinajstić information content (AvgIpc) is 3.53. The molecule has 2 aliphatic heterocycles. The molecule has 0 aliphatic carbocycles. The average molecular weight is 618 g/mol. The summed E-state index contributed by atoms with van der Waals surface area (Å²) in [5, 5.41) is 4.29. The molecule has 2 unspecified atom stereocenters. The zero-order valence-corrected chi connectivity index (χ0v) is 26.2. The molecule has 240 valence electrons. The summed E-state index contributed by atoms with van der Waals surface area (Å²) in [7, 11) is 3.56. The number of nitrogens with zero attached hydrogens (tertiary/aromatic N) is 5. The first-order valence-electron chi connectivity index (χ1n) is 16.0. The molecule has 2 aromatic carbocycles. The minimum Gasteiger partial charge on any atom is -0.497 e. The van der Waals surface area contributed by atoms with Crippen LogP contribution in [0.2, 0.25) is 0 Å². The minimum atomic E-state index is -0.144. The van der Waals surface area contributed by atoms with E-state index in [-0.39, 0.29) is 12.6 Å². The van der Waals surface area contributed by atoms with E-state index in [4.69, 9.17) is 33.4 Å². The Balaban J connectivity index is 1.22. The first-order valence-corrected chi connectivity index (χ1v) is 16.0. The Bertz CT molecular complexity index is 1520. The van der Waals surface area contributed by atoms with Crippen molar-refractivity contribution < 1.29 is 28.4 Å². The van der Waals surface area contributed by atoms with Crippen LogP contribution in [0, 0.1) is 0 Å². The summed E-state index contributed by atoms with van der Waals surface area (Å²) >= 11 is 0. The third kappa shape index (κ3) is 8.49. The summed E-state index contributed by atoms with van der Waals surface area (Å²) in [4.78, 5) is 11.8. The molecule has 0 radical (unpaired) electrons. The Morgan fingerprint density at radius 1 is 0.844 bits per heavy atom. The summed E-state index contributed by atoms with van der Waals surface area (Å²) in [6, 6.07) is 12.1. The van der Waals surface area contributed by atoms with Gasteiger partial charge in [-0.05, 0) is 63.1 Å². The number of aromatic nitrogens is 4. The van der Waals surface area contributed by atoms with Gasteiger partial charge in [0, 0.05) is 68.1 Å². The summed E-state index contributed by atoms with van der Waals surface area (Å²) in [5.74, 6) is 1.41. The molecule has 4 aromatic rings. The number of ether oxygens (including phenoxy) is 6. The van der Waals surface area contributed by atoms with E-state index in [1.807, 2.05) is 37.5 Å². The molecular weight excluding hydrogens is 574 g/mol. The van der Waals surface area contributed by atoms with Crippen LogP contribution in [0.5, 0.6) is 11.5 Å². The third-order valence-electron chi connectivity index (χ3n) is 8.01. The fraction of sp³-hybridized carbons (Fsp3) is 0.500. The molecule has 45 heavy (non-hydrogen) atoms. The number of rotatable bonds is 14. The quantitative estimate of drug-likeness (QED) is 0.156. The lowest BCUT2D eigenvalue weighted by Gasteiger charge is -2.27. The van der Waals surface area contributed by atoms with Gasteiger partial charge in [0.2, 0.25) is 0 Å². The highest BCUT2D eigenvalue weighted by atomic mass is 16.7. The largest absolute Gasteiger partial charge is 0.497 e. The lowest BCUT2D eigenvalue weighted by Crippen LogP contribution is -2.25. The second kappa shape index (κ2) is 15.5. The van der Waals surface area contributed by atoms with E-state index in [2.05, 4.69) is 27.1 Å². The highest BCUT2D eigenvalue weighted by molar-refractivity contribution is 5.82. The van der Waals surface area contributed by atoms with E-state index >= 15 is 0 Å². The van der Waals surface area contributed by atoms with Crippen LogP contribution in [0.4, 0.5) is 11.4 Å². The van der Waals surface area contributed by atoms with E-state index in [1.165, 1.54) is 0 Å². The number of anilines is 2. The van der Waals surface area contributed by atoms with Gasteiger partial charge in [-0.3, -0.25) is 9.67 Å². The highest BCUT2D eigenvalue weighted by Crippen LogP contribution is 2.34. The smallest absolute Gasteiger partial charge is 0.157 e. The SMILES string of the molecule is COc1cc(OCCOC2CCCCO2)cc(N(CCCOC2CCCCO2)c2ccc3ncc(-c4cnn(C)c4)nc3c2)c1. The molecule has 11 nitrogen and oxygen atoms in total. The fourth-order valence-electron chi connectivity index (χ4n) is 5.64. The van der Waals surface area contributed by atoms with Gasteiger partial charge in [-0.2, -0.15) is 5.10 Å². The monoisotopic (exact) mass is 617 g/mol. The maximum Gasteiger partial charge on any atom is 0.157 e. The number of aryl methyl sites for hydroxylation is 1. The second-order valence-corrected chi connectivity index (χ2v) is 11.4. The normalized spacial score (nSPS) is 18.6. The molecule has 11 heteroatoms. The predicted molar refractivity (Wildman–Crippen MR) is 171 cm³/mol. The lowest BCUT2D eigenvalue weighted by atomic mass is 10.1. The molecule has 0 amide bonds. The maximum absolute atomic E-state index is 6.15. The van der Waals surface area contributed by atoms with Crippen molar-refractivity contribution in [2.75, 3.05) is 51.6 Å². The maximum atomic E-state index is 6.15. The third-order valence-corrected chi connectivity index (χ3v) is 8.01. The first kappa shape index (κ1) is 31.2. The van der Waals surface area contributed by atoms with Gasteiger partial charge in [0.25, 0.3) is 0 Å². The molecule has 0 N–H and O–H groups in total. The van der Waals surface area contributed by atoms with Crippen LogP contribution in [0.25, 0.3) is 22.3 Å². The van der Waals surface area contributed by atoms with Gasteiger partial charge in [-0.25, -0.2) is 4.98 Å². The van der Waals surface area contributed by atoms with Gasteiger partial charge in [0.1, 0.15) is 18.1 Å². The van der Waals surface area contributed by atoms with Crippen molar-refractivity contribution in [1.29, 1.82) is 0 Å². The Hall–Kier alpha value is -3.77. The van der Waals surface area contributed by atoms with Crippen molar-refractivity contribution in [3.8, 4) is 22.8 Å². The molecule has 2 fully saturated rings. The molecule has 0 spiro atoms. The van der Waals surface area contributed by atoms with Crippen LogP contribution in [-0.2, 0) is 26.0 Å². The van der Waals surface area contributed by atoms with E-state index in [1.54, 1.807) is 24.2 Å². The topological polar surface area (TPSA) is 102 Å². The number of methoxy groups -OCH3 is 1. The zero-order chi connectivity index (χ0) is 30.8. The van der Waals surface area contributed by atoms with Crippen LogP contribution < -0.4 is 14.4 Å². The van der Waals surface area contributed by atoms with Crippen LogP contribution in [0.15, 0.2) is 55.0 Å². The van der Waals surface area contributed by atoms with Crippen LogP contribution in [0.3, 0.4) is 0 Å².